The molecule has 9 nitrogen and oxygen atoms in total. The van der Waals surface area contributed by atoms with Crippen LogP contribution in [-0.4, -0.2) is 43.8 Å². The minimum Gasteiger partial charge on any atom is -0.351 e. The lowest BCUT2D eigenvalue weighted by Crippen LogP contribution is -2.49. The molecule has 0 bridgehead atoms. The van der Waals surface area contributed by atoms with Gasteiger partial charge in [0.05, 0.1) is 27.7 Å². The number of amides is 2. The van der Waals surface area contributed by atoms with Gasteiger partial charge in [0.1, 0.15) is 0 Å². The SMILES string of the molecule is CC[C@H](C)[C@@H](CN(Cc1cccc2ccccc12)C(=O)c1ccc(Cl)c(Cl)c1)NC(=O)Cc1cncn1Cc1ccc([N+](=O)[O-])cc1. The number of aromatic nitrogens is 2. The minimum atomic E-state index is -0.439. The van der Waals surface area contributed by atoms with Crippen LogP contribution in [0.3, 0.4) is 0 Å². The third kappa shape index (κ3) is 8.36. The molecule has 0 fully saturated rings. The van der Waals surface area contributed by atoms with Crippen LogP contribution in [0.2, 0.25) is 10.0 Å². The summed E-state index contributed by atoms with van der Waals surface area (Å²) in [5.41, 5.74) is 2.95. The van der Waals surface area contributed by atoms with Crippen molar-refractivity contribution < 1.29 is 14.5 Å². The number of hydrogen-bond acceptors (Lipinski definition) is 5. The molecule has 0 spiro atoms. The van der Waals surface area contributed by atoms with Gasteiger partial charge >= 0.3 is 0 Å². The average Bonchev–Trinajstić information content (AvgIpc) is 3.50. The summed E-state index contributed by atoms with van der Waals surface area (Å²) in [4.78, 5) is 44.2. The van der Waals surface area contributed by atoms with Crippen molar-refractivity contribution >= 4 is 51.5 Å². The lowest BCUT2D eigenvalue weighted by Gasteiger charge is -2.32. The minimum absolute atomic E-state index is 0.0159. The Hall–Kier alpha value is -4.73. The molecule has 2 atom stereocenters. The van der Waals surface area contributed by atoms with E-state index in [9.17, 15) is 19.7 Å². The topological polar surface area (TPSA) is 110 Å². The van der Waals surface area contributed by atoms with Gasteiger partial charge in [-0.05, 0) is 46.0 Å². The van der Waals surface area contributed by atoms with E-state index in [1.807, 2.05) is 47.0 Å². The van der Waals surface area contributed by atoms with E-state index in [2.05, 4.69) is 24.1 Å². The number of carbonyl (C=O) groups excluding carboxylic acids is 2. The third-order valence-electron chi connectivity index (χ3n) is 8.43. The number of benzene rings is 4. The predicted molar refractivity (Wildman–Crippen MR) is 185 cm³/mol. The van der Waals surface area contributed by atoms with Crippen LogP contribution in [0.1, 0.15) is 47.4 Å². The normalized spacial score (nSPS) is 12.4. The molecule has 0 unspecified atom stereocenters. The number of nitro groups is 1. The number of carbonyl (C=O) groups is 2. The van der Waals surface area contributed by atoms with Gasteiger partial charge in [0.15, 0.2) is 0 Å². The highest BCUT2D eigenvalue weighted by molar-refractivity contribution is 6.42. The van der Waals surface area contributed by atoms with Gasteiger partial charge in [-0.2, -0.15) is 0 Å². The van der Waals surface area contributed by atoms with Gasteiger partial charge in [0.2, 0.25) is 5.91 Å². The number of halogens is 2. The first-order chi connectivity index (χ1) is 22.6. The number of nitro benzene ring substituents is 1. The first kappa shape index (κ1) is 33.6. The molecule has 0 aliphatic carbocycles. The lowest BCUT2D eigenvalue weighted by molar-refractivity contribution is -0.384. The standard InChI is InChI=1S/C36H35Cl2N5O4/c1-3-24(2)34(40-35(44)18-30-19-39-23-42(30)20-25-11-14-29(15-12-25)43(46)47)22-41(36(45)27-13-16-32(37)33(38)17-27)21-28-9-6-8-26-7-4-5-10-31(26)28/h4-17,19,23-24,34H,3,18,20-22H2,1-2H3,(H,40,44)/t24-,34+/m0/s1. The van der Waals surface area contributed by atoms with Gasteiger partial charge in [-0.15, -0.1) is 0 Å². The summed E-state index contributed by atoms with van der Waals surface area (Å²) in [6.07, 6.45) is 4.14. The zero-order valence-electron chi connectivity index (χ0n) is 26.1. The quantitative estimate of drug-likeness (QED) is 0.102. The Balaban J connectivity index is 1.37. The molecular weight excluding hydrogens is 637 g/mol. The zero-order chi connectivity index (χ0) is 33.5. The molecular formula is C36H35Cl2N5O4. The average molecular weight is 673 g/mol. The van der Waals surface area contributed by atoms with Crippen LogP contribution >= 0.6 is 23.2 Å². The van der Waals surface area contributed by atoms with Crippen LogP contribution in [0.15, 0.2) is 97.5 Å². The van der Waals surface area contributed by atoms with Crippen molar-refractivity contribution in [2.75, 3.05) is 6.54 Å². The molecule has 4 aromatic carbocycles. The summed E-state index contributed by atoms with van der Waals surface area (Å²) >= 11 is 12.5. The molecule has 0 saturated heterocycles. The number of imidazole rings is 1. The van der Waals surface area contributed by atoms with Gasteiger partial charge in [0.25, 0.3) is 11.6 Å². The molecule has 1 N–H and O–H groups in total. The van der Waals surface area contributed by atoms with Crippen LogP contribution in [0.5, 0.6) is 0 Å². The van der Waals surface area contributed by atoms with Gasteiger partial charge in [-0.25, -0.2) is 4.98 Å². The fourth-order valence-corrected chi connectivity index (χ4v) is 5.83. The molecule has 0 aliphatic heterocycles. The van der Waals surface area contributed by atoms with E-state index in [0.29, 0.717) is 34.4 Å². The van der Waals surface area contributed by atoms with E-state index in [4.69, 9.17) is 23.2 Å². The van der Waals surface area contributed by atoms with Crippen LogP contribution in [0.25, 0.3) is 10.8 Å². The van der Waals surface area contributed by atoms with E-state index in [1.54, 1.807) is 47.8 Å². The highest BCUT2D eigenvalue weighted by Gasteiger charge is 2.26. The molecule has 11 heteroatoms. The number of nitrogens with zero attached hydrogens (tertiary/aromatic N) is 4. The maximum Gasteiger partial charge on any atom is 0.269 e. The first-order valence-electron chi connectivity index (χ1n) is 15.4. The van der Waals surface area contributed by atoms with Crippen LogP contribution in [0.4, 0.5) is 5.69 Å². The smallest absolute Gasteiger partial charge is 0.269 e. The third-order valence-corrected chi connectivity index (χ3v) is 9.17. The summed E-state index contributed by atoms with van der Waals surface area (Å²) < 4.78 is 1.85. The largest absolute Gasteiger partial charge is 0.351 e. The number of rotatable bonds is 13. The Morgan fingerprint density at radius 1 is 1.00 bits per heavy atom. The van der Waals surface area contributed by atoms with E-state index >= 15 is 0 Å². The first-order valence-corrected chi connectivity index (χ1v) is 16.1. The van der Waals surface area contributed by atoms with Crippen LogP contribution in [-0.2, 0) is 24.3 Å². The molecule has 1 aromatic heterocycles. The van der Waals surface area contributed by atoms with Crippen molar-refractivity contribution in [2.45, 2.75) is 45.8 Å². The fourth-order valence-electron chi connectivity index (χ4n) is 5.54. The van der Waals surface area contributed by atoms with Crippen molar-refractivity contribution in [1.29, 1.82) is 0 Å². The number of non-ortho nitro benzene ring substituents is 1. The number of hydrogen-bond donors (Lipinski definition) is 1. The number of fused-ring (bicyclic) bond motifs is 1. The van der Waals surface area contributed by atoms with E-state index in [0.717, 1.165) is 28.3 Å². The fraction of sp³-hybridized carbons (Fsp3) is 0.250. The van der Waals surface area contributed by atoms with Crippen molar-refractivity contribution in [3.05, 3.63) is 140 Å². The van der Waals surface area contributed by atoms with Crippen LogP contribution in [0, 0.1) is 16.0 Å². The Morgan fingerprint density at radius 2 is 1.74 bits per heavy atom. The van der Waals surface area contributed by atoms with Crippen molar-refractivity contribution in [1.82, 2.24) is 19.8 Å². The summed E-state index contributed by atoms with van der Waals surface area (Å²) in [6.45, 7) is 5.12. The van der Waals surface area contributed by atoms with Crippen molar-refractivity contribution in [3.63, 3.8) is 0 Å². The molecule has 1 heterocycles. The monoisotopic (exact) mass is 671 g/mol. The van der Waals surface area contributed by atoms with E-state index < -0.39 is 4.92 Å². The molecule has 242 valence electrons. The zero-order valence-corrected chi connectivity index (χ0v) is 27.6. The van der Waals surface area contributed by atoms with E-state index in [1.165, 1.54) is 12.1 Å². The Labute approximate surface area is 283 Å². The summed E-state index contributed by atoms with van der Waals surface area (Å²) in [5.74, 6) is -0.367. The molecule has 2 amide bonds. The second-order valence-electron chi connectivity index (χ2n) is 11.6. The lowest BCUT2D eigenvalue weighted by atomic mass is 9.97. The van der Waals surface area contributed by atoms with Gasteiger partial charge in [0, 0.05) is 55.3 Å². The van der Waals surface area contributed by atoms with Crippen molar-refractivity contribution in [3.8, 4) is 0 Å². The van der Waals surface area contributed by atoms with Gasteiger partial charge in [-0.3, -0.25) is 19.7 Å². The number of nitrogens with one attached hydrogen (secondary N) is 1. The molecule has 0 radical (unpaired) electrons. The summed E-state index contributed by atoms with van der Waals surface area (Å²) in [6, 6.07) is 24.9. The predicted octanol–water partition coefficient (Wildman–Crippen LogP) is 7.72. The van der Waals surface area contributed by atoms with Crippen LogP contribution < -0.4 is 5.32 Å². The Kier molecular flexibility index (Phi) is 10.9. The molecule has 0 aliphatic rings. The highest BCUT2D eigenvalue weighted by Crippen LogP contribution is 2.26. The maximum atomic E-state index is 14.1. The summed E-state index contributed by atoms with van der Waals surface area (Å²) in [5, 5.41) is 17.0. The Bertz CT molecular complexity index is 1890. The van der Waals surface area contributed by atoms with Gasteiger partial charge < -0.3 is 14.8 Å². The van der Waals surface area contributed by atoms with E-state index in [-0.39, 0.29) is 42.4 Å². The molecule has 5 rings (SSSR count). The molecule has 5 aromatic rings. The summed E-state index contributed by atoms with van der Waals surface area (Å²) in [7, 11) is 0. The molecule has 0 saturated carbocycles. The molecule has 47 heavy (non-hydrogen) atoms. The second-order valence-corrected chi connectivity index (χ2v) is 12.4. The maximum absolute atomic E-state index is 14.1. The second kappa shape index (κ2) is 15.2. The van der Waals surface area contributed by atoms with Crippen molar-refractivity contribution in [2.24, 2.45) is 5.92 Å². The Morgan fingerprint density at radius 3 is 2.47 bits per heavy atom. The highest BCUT2D eigenvalue weighted by atomic mass is 35.5. The van der Waals surface area contributed by atoms with Gasteiger partial charge in [-0.1, -0.05) is 98.1 Å².